The number of nitrogens with one attached hydrogen (secondary N) is 2. The molecule has 0 radical (unpaired) electrons. The molecular weight excluding hydrogens is 168 g/mol. The Hall–Kier alpha value is -0.310. The fourth-order valence-corrected chi connectivity index (χ4v) is 1.43. The summed E-state index contributed by atoms with van der Waals surface area (Å²) in [4.78, 5) is 0. The summed E-state index contributed by atoms with van der Waals surface area (Å²) in [6.45, 7) is 7.33. The minimum atomic E-state index is 0.543. The van der Waals surface area contributed by atoms with Gasteiger partial charge in [0.1, 0.15) is 0 Å². The molecule has 0 heterocycles. The summed E-state index contributed by atoms with van der Waals surface area (Å²) in [5.74, 6) is 0. The molecule has 0 aliphatic carbocycles. The second-order valence-corrected chi connectivity index (χ2v) is 3.31. The van der Waals surface area contributed by atoms with Gasteiger partial charge in [-0.05, 0) is 32.0 Å². The van der Waals surface area contributed by atoms with Crippen LogP contribution in [0.2, 0.25) is 0 Å². The van der Waals surface area contributed by atoms with Crippen LogP contribution in [0.15, 0.2) is 0 Å². The van der Waals surface area contributed by atoms with Crippen LogP contribution in [0.3, 0.4) is 0 Å². The summed E-state index contributed by atoms with van der Waals surface area (Å²) >= 11 is 5.09. The third-order valence-corrected chi connectivity index (χ3v) is 2.06. The second kappa shape index (κ2) is 7.35. The van der Waals surface area contributed by atoms with Crippen LogP contribution in [0.5, 0.6) is 0 Å². The largest absolute Gasteiger partial charge is 0.363 e. The Morgan fingerprint density at radius 2 is 2.00 bits per heavy atom. The fraction of sp³-hybridized carbons (Fsp3) is 0.889. The van der Waals surface area contributed by atoms with Crippen molar-refractivity contribution in [3.05, 3.63) is 0 Å². The van der Waals surface area contributed by atoms with Crippen LogP contribution < -0.4 is 10.6 Å². The molecule has 0 spiro atoms. The summed E-state index contributed by atoms with van der Waals surface area (Å²) in [5, 5.41) is 7.17. The molecule has 2 N–H and O–H groups in total. The lowest BCUT2D eigenvalue weighted by molar-refractivity contribution is 0.533. The number of hydrogen-bond acceptors (Lipinski definition) is 1. The van der Waals surface area contributed by atoms with Crippen LogP contribution in [0.1, 0.15) is 40.0 Å². The summed E-state index contributed by atoms with van der Waals surface area (Å²) in [7, 11) is 0. The average Bonchev–Trinajstić information content (AvgIpc) is 2.04. The van der Waals surface area contributed by atoms with E-state index in [4.69, 9.17) is 12.2 Å². The Bertz CT molecular complexity index is 126. The van der Waals surface area contributed by atoms with Crippen molar-refractivity contribution in [1.29, 1.82) is 0 Å². The lowest BCUT2D eigenvalue weighted by Crippen LogP contribution is -2.41. The van der Waals surface area contributed by atoms with Gasteiger partial charge in [0.05, 0.1) is 0 Å². The van der Waals surface area contributed by atoms with Crippen LogP contribution in [0.25, 0.3) is 0 Å². The first-order valence-corrected chi connectivity index (χ1v) is 5.19. The van der Waals surface area contributed by atoms with E-state index in [9.17, 15) is 0 Å². The normalized spacial score (nSPS) is 12.2. The van der Waals surface area contributed by atoms with Crippen molar-refractivity contribution in [3.8, 4) is 0 Å². The van der Waals surface area contributed by atoms with Gasteiger partial charge in [-0.1, -0.05) is 20.3 Å². The maximum Gasteiger partial charge on any atom is 0.166 e. The molecule has 12 heavy (non-hydrogen) atoms. The highest BCUT2D eigenvalue weighted by molar-refractivity contribution is 7.80. The molecule has 0 fully saturated rings. The van der Waals surface area contributed by atoms with E-state index in [-0.39, 0.29) is 0 Å². The number of hydrogen-bond donors (Lipinski definition) is 2. The van der Waals surface area contributed by atoms with Gasteiger partial charge in [-0.25, -0.2) is 0 Å². The molecule has 0 aromatic rings. The highest BCUT2D eigenvalue weighted by Gasteiger charge is 2.04. The Balaban J connectivity index is 3.61. The molecule has 0 rings (SSSR count). The minimum absolute atomic E-state index is 0.543. The van der Waals surface area contributed by atoms with Gasteiger partial charge >= 0.3 is 0 Å². The molecule has 3 heteroatoms. The Labute approximate surface area is 81.1 Å². The van der Waals surface area contributed by atoms with Crippen molar-refractivity contribution in [3.63, 3.8) is 0 Å². The van der Waals surface area contributed by atoms with Crippen molar-refractivity contribution in [2.24, 2.45) is 0 Å². The lowest BCUT2D eigenvalue weighted by atomic mass is 10.1. The molecule has 72 valence electrons. The van der Waals surface area contributed by atoms with E-state index >= 15 is 0 Å². The van der Waals surface area contributed by atoms with E-state index in [1.165, 1.54) is 12.8 Å². The molecule has 1 unspecified atom stereocenters. The van der Waals surface area contributed by atoms with Crippen LogP contribution >= 0.6 is 12.2 Å². The Morgan fingerprint density at radius 3 is 2.42 bits per heavy atom. The monoisotopic (exact) mass is 188 g/mol. The molecule has 2 nitrogen and oxygen atoms in total. The van der Waals surface area contributed by atoms with Crippen LogP contribution in [0, 0.1) is 0 Å². The summed E-state index contributed by atoms with van der Waals surface area (Å²) in [6.07, 6.45) is 3.54. The van der Waals surface area contributed by atoms with Crippen LogP contribution in [-0.4, -0.2) is 17.7 Å². The molecule has 0 aromatic heterocycles. The van der Waals surface area contributed by atoms with E-state index < -0.39 is 0 Å². The van der Waals surface area contributed by atoms with Crippen molar-refractivity contribution in [2.75, 3.05) is 6.54 Å². The smallest absolute Gasteiger partial charge is 0.166 e. The molecule has 0 aliphatic heterocycles. The molecular formula is C9H20N2S. The van der Waals surface area contributed by atoms with E-state index in [0.29, 0.717) is 6.04 Å². The summed E-state index contributed by atoms with van der Waals surface area (Å²) in [5.41, 5.74) is 0. The van der Waals surface area contributed by atoms with Gasteiger partial charge in [0.15, 0.2) is 5.11 Å². The average molecular weight is 188 g/mol. The molecule has 0 aliphatic rings. The van der Waals surface area contributed by atoms with Crippen LogP contribution in [0.4, 0.5) is 0 Å². The third-order valence-electron chi connectivity index (χ3n) is 1.80. The second-order valence-electron chi connectivity index (χ2n) is 2.90. The van der Waals surface area contributed by atoms with Crippen molar-refractivity contribution in [2.45, 2.75) is 46.1 Å². The van der Waals surface area contributed by atoms with Crippen molar-refractivity contribution in [1.82, 2.24) is 10.6 Å². The van der Waals surface area contributed by atoms with Gasteiger partial charge in [0, 0.05) is 12.6 Å². The first-order chi connectivity index (χ1) is 5.74. The molecule has 0 saturated heterocycles. The van der Waals surface area contributed by atoms with Crippen LogP contribution in [-0.2, 0) is 0 Å². The van der Waals surface area contributed by atoms with E-state index in [2.05, 4.69) is 31.4 Å². The zero-order valence-electron chi connectivity index (χ0n) is 8.31. The predicted molar refractivity (Wildman–Crippen MR) is 58.4 cm³/mol. The first kappa shape index (κ1) is 11.7. The molecule has 0 amide bonds. The zero-order valence-corrected chi connectivity index (χ0v) is 9.13. The summed E-state index contributed by atoms with van der Waals surface area (Å²) < 4.78 is 0. The maximum atomic E-state index is 5.09. The van der Waals surface area contributed by atoms with Crippen molar-refractivity contribution >= 4 is 17.3 Å². The number of thiocarbonyl (C=S) groups is 1. The highest BCUT2D eigenvalue weighted by Crippen LogP contribution is 2.00. The van der Waals surface area contributed by atoms with E-state index in [1.54, 1.807) is 0 Å². The van der Waals surface area contributed by atoms with E-state index in [0.717, 1.165) is 18.1 Å². The van der Waals surface area contributed by atoms with Gasteiger partial charge in [-0.2, -0.15) is 0 Å². The molecule has 0 bridgehead atoms. The minimum Gasteiger partial charge on any atom is -0.363 e. The quantitative estimate of drug-likeness (QED) is 0.646. The number of rotatable bonds is 5. The highest BCUT2D eigenvalue weighted by atomic mass is 32.1. The van der Waals surface area contributed by atoms with Gasteiger partial charge in [-0.3, -0.25) is 0 Å². The Morgan fingerprint density at radius 1 is 1.33 bits per heavy atom. The fourth-order valence-electron chi connectivity index (χ4n) is 1.12. The van der Waals surface area contributed by atoms with Gasteiger partial charge in [0.25, 0.3) is 0 Å². The van der Waals surface area contributed by atoms with Gasteiger partial charge in [-0.15, -0.1) is 0 Å². The van der Waals surface area contributed by atoms with E-state index in [1.807, 2.05) is 0 Å². The third kappa shape index (κ3) is 5.35. The maximum absolute atomic E-state index is 5.09. The standard InChI is InChI=1S/C9H20N2S/c1-4-7-8(5-2)11-9(12)10-6-3/h8H,4-7H2,1-3H3,(H2,10,11,12). The zero-order chi connectivity index (χ0) is 9.40. The van der Waals surface area contributed by atoms with Gasteiger partial charge < -0.3 is 10.6 Å². The molecule has 0 saturated carbocycles. The summed E-state index contributed by atoms with van der Waals surface area (Å²) in [6, 6.07) is 0.543. The SMILES string of the molecule is CCCC(CC)NC(=S)NCC. The topological polar surface area (TPSA) is 24.1 Å². The van der Waals surface area contributed by atoms with Crippen molar-refractivity contribution < 1.29 is 0 Å². The molecule has 1 atom stereocenters. The molecule has 0 aromatic carbocycles. The van der Waals surface area contributed by atoms with Gasteiger partial charge in [0.2, 0.25) is 0 Å². The lowest BCUT2D eigenvalue weighted by Gasteiger charge is -2.18. The predicted octanol–water partition coefficient (Wildman–Crippen LogP) is 2.05. The first-order valence-electron chi connectivity index (χ1n) is 4.78. The Kier molecular flexibility index (Phi) is 7.16.